The molecule has 0 unspecified atom stereocenters. The van der Waals surface area contributed by atoms with Crippen LogP contribution in [0.1, 0.15) is 30.3 Å². The third-order valence-electron chi connectivity index (χ3n) is 2.89. The van der Waals surface area contributed by atoms with Gasteiger partial charge in [0.25, 0.3) is 5.91 Å². The zero-order chi connectivity index (χ0) is 13.1. The first kappa shape index (κ1) is 12.6. The van der Waals surface area contributed by atoms with Crippen LogP contribution in [-0.2, 0) is 16.6 Å². The van der Waals surface area contributed by atoms with Gasteiger partial charge in [-0.1, -0.05) is 0 Å². The van der Waals surface area contributed by atoms with Crippen LogP contribution in [0.15, 0.2) is 12.5 Å². The fourth-order valence-electron chi connectivity index (χ4n) is 1.81. The Balaban J connectivity index is 2.08. The summed E-state index contributed by atoms with van der Waals surface area (Å²) in [6.07, 6.45) is 4.98. The van der Waals surface area contributed by atoms with E-state index >= 15 is 0 Å². The Bertz CT molecular complexity index is 451. The van der Waals surface area contributed by atoms with Crippen molar-refractivity contribution >= 4 is 11.9 Å². The largest absolute Gasteiger partial charge is 0.465 e. The lowest BCUT2D eigenvalue weighted by Crippen LogP contribution is -2.39. The lowest BCUT2D eigenvalue weighted by molar-refractivity contribution is -0.144. The second-order valence-electron chi connectivity index (χ2n) is 4.36. The molecule has 1 saturated carbocycles. The number of aryl methyl sites for hydroxylation is 1. The Morgan fingerprint density at radius 3 is 2.78 bits per heavy atom. The fraction of sp³-hybridized carbons (Fsp3) is 0.583. The molecule has 18 heavy (non-hydrogen) atoms. The summed E-state index contributed by atoms with van der Waals surface area (Å²) in [5, 5.41) is 0. The molecule has 1 aromatic rings. The van der Waals surface area contributed by atoms with Crippen molar-refractivity contribution < 1.29 is 14.3 Å². The van der Waals surface area contributed by atoms with E-state index in [1.165, 1.54) is 6.20 Å². The van der Waals surface area contributed by atoms with E-state index in [-0.39, 0.29) is 24.5 Å². The van der Waals surface area contributed by atoms with Crippen molar-refractivity contribution in [3.05, 3.63) is 18.2 Å². The number of carbonyl (C=O) groups is 2. The minimum Gasteiger partial charge on any atom is -0.465 e. The van der Waals surface area contributed by atoms with Gasteiger partial charge in [0.05, 0.1) is 19.1 Å². The first-order chi connectivity index (χ1) is 8.63. The average Bonchev–Trinajstić information content (AvgIpc) is 3.08. The van der Waals surface area contributed by atoms with Gasteiger partial charge in [0.1, 0.15) is 12.2 Å². The molecule has 1 amide bonds. The summed E-state index contributed by atoms with van der Waals surface area (Å²) in [5.41, 5.74) is 0.492. The Kier molecular flexibility index (Phi) is 3.64. The lowest BCUT2D eigenvalue weighted by Gasteiger charge is -2.21. The average molecular weight is 251 g/mol. The van der Waals surface area contributed by atoms with Crippen LogP contribution < -0.4 is 0 Å². The van der Waals surface area contributed by atoms with Crippen LogP contribution in [0.4, 0.5) is 0 Å². The van der Waals surface area contributed by atoms with Crippen LogP contribution >= 0.6 is 0 Å². The number of nitrogens with zero attached hydrogens (tertiary/aromatic N) is 3. The van der Waals surface area contributed by atoms with Crippen molar-refractivity contribution in [1.82, 2.24) is 14.5 Å². The SMILES string of the molecule is CCOC(=O)CN(C(=O)c1cncn1C)C1CC1. The van der Waals surface area contributed by atoms with E-state index in [4.69, 9.17) is 4.74 Å². The monoisotopic (exact) mass is 251 g/mol. The zero-order valence-electron chi connectivity index (χ0n) is 10.6. The number of hydrogen-bond acceptors (Lipinski definition) is 4. The molecule has 0 aromatic carbocycles. The predicted octanol–water partition coefficient (Wildman–Crippen LogP) is 0.588. The van der Waals surface area contributed by atoms with E-state index < -0.39 is 0 Å². The highest BCUT2D eigenvalue weighted by molar-refractivity contribution is 5.94. The summed E-state index contributed by atoms with van der Waals surface area (Å²) < 4.78 is 6.55. The molecule has 6 nitrogen and oxygen atoms in total. The molecular weight excluding hydrogens is 234 g/mol. The second-order valence-corrected chi connectivity index (χ2v) is 4.36. The van der Waals surface area contributed by atoms with E-state index in [0.29, 0.717) is 12.3 Å². The molecule has 2 rings (SSSR count). The molecule has 0 bridgehead atoms. The van der Waals surface area contributed by atoms with Crippen molar-refractivity contribution in [2.45, 2.75) is 25.8 Å². The van der Waals surface area contributed by atoms with Gasteiger partial charge in [-0.05, 0) is 19.8 Å². The van der Waals surface area contributed by atoms with Crippen LogP contribution in [0.3, 0.4) is 0 Å². The highest BCUT2D eigenvalue weighted by Gasteiger charge is 2.35. The zero-order valence-corrected chi connectivity index (χ0v) is 10.6. The maximum Gasteiger partial charge on any atom is 0.325 e. The number of hydrogen-bond donors (Lipinski definition) is 0. The van der Waals surface area contributed by atoms with E-state index in [1.807, 2.05) is 0 Å². The summed E-state index contributed by atoms with van der Waals surface area (Å²) in [6.45, 7) is 2.10. The summed E-state index contributed by atoms with van der Waals surface area (Å²) in [7, 11) is 1.76. The van der Waals surface area contributed by atoms with Gasteiger partial charge in [-0.25, -0.2) is 4.98 Å². The number of aromatic nitrogens is 2. The third kappa shape index (κ3) is 2.69. The minimum absolute atomic E-state index is 0.0164. The fourth-order valence-corrected chi connectivity index (χ4v) is 1.81. The topological polar surface area (TPSA) is 64.4 Å². The van der Waals surface area contributed by atoms with Gasteiger partial charge in [-0.15, -0.1) is 0 Å². The maximum absolute atomic E-state index is 12.3. The molecule has 0 aliphatic heterocycles. The molecular formula is C12H17N3O3. The van der Waals surface area contributed by atoms with Crippen LogP contribution in [0, 0.1) is 0 Å². The first-order valence-corrected chi connectivity index (χ1v) is 6.06. The van der Waals surface area contributed by atoms with Crippen LogP contribution in [0.2, 0.25) is 0 Å². The normalized spacial score (nSPS) is 14.3. The quantitative estimate of drug-likeness (QED) is 0.718. The van der Waals surface area contributed by atoms with Crippen molar-refractivity contribution in [2.75, 3.05) is 13.2 Å². The number of amides is 1. The van der Waals surface area contributed by atoms with Crippen molar-refractivity contribution in [3.8, 4) is 0 Å². The van der Waals surface area contributed by atoms with Crippen molar-refractivity contribution in [1.29, 1.82) is 0 Å². The molecule has 0 spiro atoms. The Hall–Kier alpha value is -1.85. The number of carbonyl (C=O) groups excluding carboxylic acids is 2. The highest BCUT2D eigenvalue weighted by Crippen LogP contribution is 2.28. The number of esters is 1. The van der Waals surface area contributed by atoms with Gasteiger partial charge in [-0.3, -0.25) is 9.59 Å². The lowest BCUT2D eigenvalue weighted by atomic mass is 10.3. The van der Waals surface area contributed by atoms with E-state index in [1.54, 1.807) is 29.8 Å². The molecule has 0 atom stereocenters. The summed E-state index contributed by atoms with van der Waals surface area (Å²) >= 11 is 0. The van der Waals surface area contributed by atoms with E-state index in [2.05, 4.69) is 4.98 Å². The first-order valence-electron chi connectivity index (χ1n) is 6.06. The molecule has 98 valence electrons. The molecule has 6 heteroatoms. The molecule has 1 aliphatic carbocycles. The van der Waals surface area contributed by atoms with Gasteiger partial charge in [0, 0.05) is 13.1 Å². The summed E-state index contributed by atoms with van der Waals surface area (Å²) in [4.78, 5) is 29.3. The number of rotatable bonds is 5. The van der Waals surface area contributed by atoms with Crippen molar-refractivity contribution in [2.24, 2.45) is 7.05 Å². The standard InChI is InChI=1S/C12H17N3O3/c1-3-18-11(16)7-15(9-4-5-9)12(17)10-6-13-8-14(10)2/h6,8-9H,3-5,7H2,1-2H3. The predicted molar refractivity (Wildman–Crippen MR) is 63.9 cm³/mol. The smallest absolute Gasteiger partial charge is 0.325 e. The van der Waals surface area contributed by atoms with Gasteiger partial charge in [0.2, 0.25) is 0 Å². The van der Waals surface area contributed by atoms with E-state index in [0.717, 1.165) is 12.8 Å². The van der Waals surface area contributed by atoms with Crippen LogP contribution in [0.5, 0.6) is 0 Å². The molecule has 1 aliphatic rings. The molecule has 1 aromatic heterocycles. The number of ether oxygens (including phenoxy) is 1. The highest BCUT2D eigenvalue weighted by atomic mass is 16.5. The van der Waals surface area contributed by atoms with Crippen LogP contribution in [-0.4, -0.2) is 45.5 Å². The summed E-state index contributed by atoms with van der Waals surface area (Å²) in [5.74, 6) is -0.523. The third-order valence-corrected chi connectivity index (χ3v) is 2.89. The number of imidazole rings is 1. The second kappa shape index (κ2) is 5.20. The van der Waals surface area contributed by atoms with Gasteiger partial charge < -0.3 is 14.2 Å². The Morgan fingerprint density at radius 2 is 2.28 bits per heavy atom. The molecule has 0 N–H and O–H groups in total. The van der Waals surface area contributed by atoms with E-state index in [9.17, 15) is 9.59 Å². The molecule has 1 heterocycles. The van der Waals surface area contributed by atoms with Gasteiger partial charge >= 0.3 is 5.97 Å². The van der Waals surface area contributed by atoms with Crippen molar-refractivity contribution in [3.63, 3.8) is 0 Å². The van der Waals surface area contributed by atoms with Gasteiger partial charge in [-0.2, -0.15) is 0 Å². The van der Waals surface area contributed by atoms with Crippen LogP contribution in [0.25, 0.3) is 0 Å². The maximum atomic E-state index is 12.3. The minimum atomic E-state index is -0.361. The summed E-state index contributed by atoms with van der Waals surface area (Å²) in [6, 6.07) is 0.164. The van der Waals surface area contributed by atoms with Gasteiger partial charge in [0.15, 0.2) is 0 Å². The molecule has 1 fully saturated rings. The molecule has 0 radical (unpaired) electrons. The Labute approximate surface area is 106 Å². The Morgan fingerprint density at radius 1 is 1.56 bits per heavy atom. The molecule has 0 saturated heterocycles.